The quantitative estimate of drug-likeness (QED) is 0.872. The lowest BCUT2D eigenvalue weighted by atomic mass is 10.0. The lowest BCUT2D eigenvalue weighted by Gasteiger charge is -2.20. The maximum Gasteiger partial charge on any atom is 0.225 e. The molecule has 1 aliphatic rings. The van der Waals surface area contributed by atoms with Crippen molar-refractivity contribution < 1.29 is 9.53 Å². The van der Waals surface area contributed by atoms with Crippen LogP contribution in [-0.4, -0.2) is 19.1 Å². The van der Waals surface area contributed by atoms with Gasteiger partial charge in [0.15, 0.2) is 0 Å². The number of benzene rings is 1. The lowest BCUT2D eigenvalue weighted by molar-refractivity contribution is -0.125. The van der Waals surface area contributed by atoms with Gasteiger partial charge in [0.1, 0.15) is 5.75 Å². The Kier molecular flexibility index (Phi) is 4.43. The van der Waals surface area contributed by atoms with E-state index in [1.807, 2.05) is 31.2 Å². The summed E-state index contributed by atoms with van der Waals surface area (Å²) in [5, 5.41) is 3.05. The van der Waals surface area contributed by atoms with Crippen LogP contribution < -0.4 is 15.8 Å². The van der Waals surface area contributed by atoms with Crippen molar-refractivity contribution >= 4 is 5.91 Å². The first-order valence-electron chi connectivity index (χ1n) is 6.81. The zero-order valence-electron chi connectivity index (χ0n) is 11.6. The fourth-order valence-corrected chi connectivity index (χ4v) is 2.63. The molecule has 4 nitrogen and oxygen atoms in total. The van der Waals surface area contributed by atoms with E-state index >= 15 is 0 Å². The van der Waals surface area contributed by atoms with Gasteiger partial charge in [-0.3, -0.25) is 4.79 Å². The molecule has 2 unspecified atom stereocenters. The van der Waals surface area contributed by atoms with Gasteiger partial charge < -0.3 is 15.8 Å². The van der Waals surface area contributed by atoms with Crippen LogP contribution in [0.2, 0.25) is 0 Å². The van der Waals surface area contributed by atoms with Crippen molar-refractivity contribution in [2.75, 3.05) is 7.11 Å². The molecule has 0 aliphatic heterocycles. The number of nitrogens with one attached hydrogen (secondary N) is 1. The SMILES string of the molecule is COc1cccc([C@H](C)NC(=O)C2CCCC2N)c1. The molecule has 2 rings (SSSR count). The summed E-state index contributed by atoms with van der Waals surface area (Å²) in [5.74, 6) is 0.838. The van der Waals surface area contributed by atoms with Crippen LogP contribution in [0.5, 0.6) is 5.75 Å². The Bertz CT molecular complexity index is 448. The van der Waals surface area contributed by atoms with Gasteiger partial charge in [0.05, 0.1) is 19.1 Å². The van der Waals surface area contributed by atoms with Crippen LogP contribution >= 0.6 is 0 Å². The highest BCUT2D eigenvalue weighted by atomic mass is 16.5. The topological polar surface area (TPSA) is 64.3 Å². The van der Waals surface area contributed by atoms with Crippen LogP contribution in [0.25, 0.3) is 0 Å². The van der Waals surface area contributed by atoms with E-state index in [2.05, 4.69) is 5.32 Å². The highest BCUT2D eigenvalue weighted by Crippen LogP contribution is 2.25. The molecule has 1 aromatic carbocycles. The zero-order chi connectivity index (χ0) is 13.8. The predicted molar refractivity (Wildman–Crippen MR) is 74.9 cm³/mol. The van der Waals surface area contributed by atoms with E-state index < -0.39 is 0 Å². The molecule has 0 spiro atoms. The average Bonchev–Trinajstić information content (AvgIpc) is 2.85. The lowest BCUT2D eigenvalue weighted by Crippen LogP contribution is -2.39. The van der Waals surface area contributed by atoms with Crippen LogP contribution in [0, 0.1) is 5.92 Å². The summed E-state index contributed by atoms with van der Waals surface area (Å²) >= 11 is 0. The van der Waals surface area contributed by atoms with Crippen molar-refractivity contribution in [3.8, 4) is 5.75 Å². The molecule has 0 heterocycles. The third kappa shape index (κ3) is 3.26. The highest BCUT2D eigenvalue weighted by Gasteiger charge is 2.30. The van der Waals surface area contributed by atoms with Gasteiger partial charge in [-0.15, -0.1) is 0 Å². The third-order valence-electron chi connectivity index (χ3n) is 3.86. The summed E-state index contributed by atoms with van der Waals surface area (Å²) in [4.78, 5) is 12.2. The molecule has 1 fully saturated rings. The number of rotatable bonds is 4. The maximum absolute atomic E-state index is 12.2. The third-order valence-corrected chi connectivity index (χ3v) is 3.86. The molecule has 3 N–H and O–H groups in total. The van der Waals surface area contributed by atoms with E-state index in [4.69, 9.17) is 10.5 Å². The van der Waals surface area contributed by atoms with Crippen molar-refractivity contribution in [2.24, 2.45) is 11.7 Å². The van der Waals surface area contributed by atoms with E-state index in [0.29, 0.717) is 0 Å². The Hall–Kier alpha value is -1.55. The van der Waals surface area contributed by atoms with Crippen molar-refractivity contribution in [1.29, 1.82) is 0 Å². The molecule has 0 radical (unpaired) electrons. The molecule has 1 aliphatic carbocycles. The van der Waals surface area contributed by atoms with Gasteiger partial charge in [0.2, 0.25) is 5.91 Å². The second kappa shape index (κ2) is 6.06. The molecule has 1 saturated carbocycles. The predicted octanol–water partition coefficient (Wildman–Crippen LogP) is 2.00. The molecule has 1 aromatic rings. The standard InChI is InChI=1S/C15H22N2O2/c1-10(11-5-3-6-12(9-11)19-2)17-15(18)13-7-4-8-14(13)16/h3,5-6,9-10,13-14H,4,7-8,16H2,1-2H3,(H,17,18)/t10-,13?,14?/m0/s1. The van der Waals surface area contributed by atoms with Gasteiger partial charge >= 0.3 is 0 Å². The number of methoxy groups -OCH3 is 1. The minimum absolute atomic E-state index is 0.0116. The molecule has 19 heavy (non-hydrogen) atoms. The van der Waals surface area contributed by atoms with Crippen LogP contribution in [0.15, 0.2) is 24.3 Å². The fourth-order valence-electron chi connectivity index (χ4n) is 2.63. The summed E-state index contributed by atoms with van der Waals surface area (Å²) in [7, 11) is 1.64. The molecule has 0 saturated heterocycles. The maximum atomic E-state index is 12.2. The summed E-state index contributed by atoms with van der Waals surface area (Å²) in [6, 6.07) is 7.73. The van der Waals surface area contributed by atoms with Crippen molar-refractivity contribution in [1.82, 2.24) is 5.32 Å². The number of nitrogens with two attached hydrogens (primary N) is 1. The first-order valence-corrected chi connectivity index (χ1v) is 6.81. The van der Waals surface area contributed by atoms with Crippen molar-refractivity contribution in [2.45, 2.75) is 38.3 Å². The number of hydrogen-bond acceptors (Lipinski definition) is 3. The molecule has 4 heteroatoms. The average molecular weight is 262 g/mol. The summed E-state index contributed by atoms with van der Waals surface area (Å²) in [5.41, 5.74) is 7.00. The van der Waals surface area contributed by atoms with Crippen LogP contribution in [0.1, 0.15) is 37.8 Å². The van der Waals surface area contributed by atoms with Gasteiger partial charge in [0.25, 0.3) is 0 Å². The van der Waals surface area contributed by atoms with E-state index in [9.17, 15) is 4.79 Å². The number of hydrogen-bond donors (Lipinski definition) is 2. The van der Waals surface area contributed by atoms with Crippen LogP contribution in [0.3, 0.4) is 0 Å². The fraction of sp³-hybridized carbons (Fsp3) is 0.533. The zero-order valence-corrected chi connectivity index (χ0v) is 11.6. The largest absolute Gasteiger partial charge is 0.497 e. The van der Waals surface area contributed by atoms with Gasteiger partial charge in [-0.25, -0.2) is 0 Å². The van der Waals surface area contributed by atoms with E-state index in [1.165, 1.54) is 0 Å². The van der Waals surface area contributed by atoms with E-state index in [1.54, 1.807) is 7.11 Å². The first kappa shape index (κ1) is 13.9. The second-order valence-electron chi connectivity index (χ2n) is 5.21. The van der Waals surface area contributed by atoms with Crippen LogP contribution in [-0.2, 0) is 4.79 Å². The molecule has 104 valence electrons. The second-order valence-corrected chi connectivity index (χ2v) is 5.21. The highest BCUT2D eigenvalue weighted by molar-refractivity contribution is 5.80. The summed E-state index contributed by atoms with van der Waals surface area (Å²) < 4.78 is 5.19. The Morgan fingerprint density at radius 1 is 1.47 bits per heavy atom. The van der Waals surface area contributed by atoms with Crippen molar-refractivity contribution in [3.63, 3.8) is 0 Å². The van der Waals surface area contributed by atoms with E-state index in [-0.39, 0.29) is 23.9 Å². The molecular weight excluding hydrogens is 240 g/mol. The summed E-state index contributed by atoms with van der Waals surface area (Å²) in [6.45, 7) is 1.98. The van der Waals surface area contributed by atoms with Gasteiger partial charge in [-0.1, -0.05) is 18.6 Å². The van der Waals surface area contributed by atoms with Gasteiger partial charge in [-0.2, -0.15) is 0 Å². The number of ether oxygens (including phenoxy) is 1. The normalized spacial score (nSPS) is 23.9. The molecule has 3 atom stereocenters. The Labute approximate surface area is 114 Å². The summed E-state index contributed by atoms with van der Waals surface area (Å²) in [6.07, 6.45) is 2.90. The monoisotopic (exact) mass is 262 g/mol. The first-order chi connectivity index (χ1) is 9.11. The Morgan fingerprint density at radius 2 is 2.26 bits per heavy atom. The Balaban J connectivity index is 1.99. The minimum Gasteiger partial charge on any atom is -0.497 e. The number of carbonyl (C=O) groups is 1. The van der Waals surface area contributed by atoms with Crippen LogP contribution in [0.4, 0.5) is 0 Å². The number of carbonyl (C=O) groups excluding carboxylic acids is 1. The molecule has 1 amide bonds. The smallest absolute Gasteiger partial charge is 0.225 e. The number of amides is 1. The van der Waals surface area contributed by atoms with Gasteiger partial charge in [-0.05, 0) is 37.5 Å². The molecule has 0 bridgehead atoms. The molecule has 0 aromatic heterocycles. The van der Waals surface area contributed by atoms with Gasteiger partial charge in [0, 0.05) is 6.04 Å². The molecular formula is C15H22N2O2. The Morgan fingerprint density at radius 3 is 2.89 bits per heavy atom. The van der Waals surface area contributed by atoms with Crippen molar-refractivity contribution in [3.05, 3.63) is 29.8 Å². The van der Waals surface area contributed by atoms with E-state index in [0.717, 1.165) is 30.6 Å². The minimum atomic E-state index is -0.0342.